The van der Waals surface area contributed by atoms with E-state index in [1.54, 1.807) is 84.0 Å². The molecule has 1 aliphatic rings. The molecular weight excluding hydrogens is 530 g/mol. The van der Waals surface area contributed by atoms with Crippen LogP contribution in [0.5, 0.6) is 5.75 Å². The molecule has 1 aliphatic heterocycles. The summed E-state index contributed by atoms with van der Waals surface area (Å²) in [4.78, 5) is 30.6. The van der Waals surface area contributed by atoms with Crippen LogP contribution in [0.15, 0.2) is 59.5 Å². The third-order valence-electron chi connectivity index (χ3n) is 6.35. The lowest BCUT2D eigenvalue weighted by Gasteiger charge is -2.41. The van der Waals surface area contributed by atoms with E-state index in [-0.39, 0.29) is 11.3 Å². The van der Waals surface area contributed by atoms with Crippen LogP contribution in [0.1, 0.15) is 71.2 Å². The Bertz CT molecular complexity index is 1230. The van der Waals surface area contributed by atoms with E-state index in [0.29, 0.717) is 17.9 Å². The molecule has 2 aromatic carbocycles. The number of amides is 1. The highest BCUT2D eigenvalue weighted by atomic mass is 32.2. The van der Waals surface area contributed by atoms with Gasteiger partial charge < -0.3 is 14.4 Å². The minimum Gasteiger partial charge on any atom is -0.492 e. The number of benzene rings is 2. The van der Waals surface area contributed by atoms with Crippen molar-refractivity contribution >= 4 is 21.9 Å². The highest BCUT2D eigenvalue weighted by molar-refractivity contribution is 7.89. The number of nitrogens with zero attached hydrogens (tertiary/aromatic N) is 2. The van der Waals surface area contributed by atoms with Gasteiger partial charge in [-0.25, -0.2) is 8.42 Å². The number of likely N-dealkylation sites (tertiary alicyclic amines) is 1. The summed E-state index contributed by atoms with van der Waals surface area (Å²) in [6, 6.07) is 14.6. The van der Waals surface area contributed by atoms with E-state index in [1.807, 2.05) is 0 Å². The molecule has 0 unspecified atom stereocenters. The second-order valence-electron chi connectivity index (χ2n) is 12.0. The van der Waals surface area contributed by atoms with Crippen molar-refractivity contribution in [3.8, 4) is 5.75 Å². The monoisotopic (exact) mass is 573 g/mol. The van der Waals surface area contributed by atoms with Crippen molar-refractivity contribution in [2.45, 2.75) is 83.0 Å². The SMILES string of the molecule is CC(C)(C)OC(=O)C[C@H](NS(=O)(=O)c1ccccc1)N(C(=O)c1ccc(OCCN2CCCC2)cc1)C(C)(C)C. The third-order valence-corrected chi connectivity index (χ3v) is 7.83. The van der Waals surface area contributed by atoms with Gasteiger partial charge in [-0.05, 0) is 104 Å². The van der Waals surface area contributed by atoms with Crippen LogP contribution >= 0.6 is 0 Å². The molecule has 0 aliphatic carbocycles. The van der Waals surface area contributed by atoms with Gasteiger partial charge in [-0.15, -0.1) is 0 Å². The molecule has 220 valence electrons. The first-order valence-corrected chi connectivity index (χ1v) is 15.2. The lowest BCUT2D eigenvalue weighted by atomic mass is 10.0. The number of hydrogen-bond donors (Lipinski definition) is 1. The highest BCUT2D eigenvalue weighted by Gasteiger charge is 2.38. The van der Waals surface area contributed by atoms with Crippen molar-refractivity contribution < 1.29 is 27.5 Å². The van der Waals surface area contributed by atoms with Gasteiger partial charge in [0.05, 0.1) is 11.3 Å². The van der Waals surface area contributed by atoms with E-state index < -0.39 is 39.2 Å². The van der Waals surface area contributed by atoms with Crippen molar-refractivity contribution in [1.29, 1.82) is 0 Å². The topological polar surface area (TPSA) is 105 Å². The van der Waals surface area contributed by atoms with Crippen LogP contribution < -0.4 is 9.46 Å². The molecule has 0 spiro atoms. The van der Waals surface area contributed by atoms with E-state index in [4.69, 9.17) is 9.47 Å². The molecule has 1 heterocycles. The Morgan fingerprint density at radius 2 is 1.55 bits per heavy atom. The zero-order valence-corrected chi connectivity index (χ0v) is 25.3. The van der Waals surface area contributed by atoms with Crippen LogP contribution in [0, 0.1) is 0 Å². The van der Waals surface area contributed by atoms with Gasteiger partial charge in [0.15, 0.2) is 0 Å². The zero-order chi connectivity index (χ0) is 29.6. The maximum atomic E-state index is 13.9. The second kappa shape index (κ2) is 13.1. The van der Waals surface area contributed by atoms with E-state index >= 15 is 0 Å². The van der Waals surface area contributed by atoms with Gasteiger partial charge in [0.2, 0.25) is 10.0 Å². The molecular formula is C30H43N3O6S. The molecule has 1 N–H and O–H groups in total. The number of hydrogen-bond acceptors (Lipinski definition) is 7. The van der Waals surface area contributed by atoms with Crippen LogP contribution in [-0.2, 0) is 19.6 Å². The Morgan fingerprint density at radius 1 is 0.950 bits per heavy atom. The van der Waals surface area contributed by atoms with Gasteiger partial charge in [-0.2, -0.15) is 4.72 Å². The molecule has 10 heteroatoms. The van der Waals surface area contributed by atoms with Crippen molar-refractivity contribution in [2.24, 2.45) is 0 Å². The molecule has 1 amide bonds. The normalized spacial score (nSPS) is 15.4. The first-order chi connectivity index (χ1) is 18.7. The molecule has 1 fully saturated rings. The average Bonchev–Trinajstić information content (AvgIpc) is 3.36. The van der Waals surface area contributed by atoms with Crippen LogP contribution in [0.4, 0.5) is 0 Å². The third kappa shape index (κ3) is 9.31. The standard InChI is InChI=1S/C30H43N3O6S/c1-29(2,3)33(28(35)23-14-16-24(17-15-23)38-21-20-32-18-10-11-19-32)26(22-27(34)39-30(4,5)6)31-40(36,37)25-12-8-7-9-13-25/h7-9,12-17,26,31H,10-11,18-22H2,1-6H3/t26-/m1/s1. The summed E-state index contributed by atoms with van der Waals surface area (Å²) < 4.78 is 40.6. The lowest BCUT2D eigenvalue weighted by molar-refractivity contribution is -0.156. The van der Waals surface area contributed by atoms with Gasteiger partial charge in [0.25, 0.3) is 5.91 Å². The first-order valence-electron chi connectivity index (χ1n) is 13.7. The molecule has 0 saturated carbocycles. The maximum Gasteiger partial charge on any atom is 0.309 e. The van der Waals surface area contributed by atoms with Gasteiger partial charge in [-0.1, -0.05) is 18.2 Å². The van der Waals surface area contributed by atoms with Crippen molar-refractivity contribution in [3.63, 3.8) is 0 Å². The van der Waals surface area contributed by atoms with Gasteiger partial charge >= 0.3 is 5.97 Å². The summed E-state index contributed by atoms with van der Waals surface area (Å²) in [6.45, 7) is 14.2. The lowest BCUT2D eigenvalue weighted by Crippen LogP contribution is -2.59. The smallest absolute Gasteiger partial charge is 0.309 e. The number of carbonyl (C=O) groups excluding carboxylic acids is 2. The molecule has 40 heavy (non-hydrogen) atoms. The zero-order valence-electron chi connectivity index (χ0n) is 24.5. The Labute approximate surface area is 238 Å². The van der Waals surface area contributed by atoms with E-state index in [1.165, 1.54) is 29.9 Å². The van der Waals surface area contributed by atoms with Crippen LogP contribution in [0.25, 0.3) is 0 Å². The largest absolute Gasteiger partial charge is 0.492 e. The van der Waals surface area contributed by atoms with E-state index in [9.17, 15) is 18.0 Å². The number of sulfonamides is 1. The molecule has 0 radical (unpaired) electrons. The number of esters is 1. The van der Waals surface area contributed by atoms with Crippen LogP contribution in [-0.4, -0.2) is 73.6 Å². The van der Waals surface area contributed by atoms with E-state index in [2.05, 4.69) is 9.62 Å². The summed E-state index contributed by atoms with van der Waals surface area (Å²) in [5.41, 5.74) is -1.29. The molecule has 2 aromatic rings. The van der Waals surface area contributed by atoms with Crippen molar-refractivity contribution in [2.75, 3.05) is 26.2 Å². The Kier molecular flexibility index (Phi) is 10.4. The minimum absolute atomic E-state index is 0.0286. The first kappa shape index (κ1) is 31.6. The molecule has 9 nitrogen and oxygen atoms in total. The number of carbonyl (C=O) groups is 2. The fraction of sp³-hybridized carbons (Fsp3) is 0.533. The number of nitrogens with one attached hydrogen (secondary N) is 1. The van der Waals surface area contributed by atoms with Gasteiger partial charge in [0, 0.05) is 17.6 Å². The highest BCUT2D eigenvalue weighted by Crippen LogP contribution is 2.25. The summed E-state index contributed by atoms with van der Waals surface area (Å²) in [7, 11) is -4.07. The predicted molar refractivity (Wildman–Crippen MR) is 155 cm³/mol. The maximum absolute atomic E-state index is 13.9. The minimum atomic E-state index is -4.07. The fourth-order valence-electron chi connectivity index (χ4n) is 4.62. The molecule has 1 atom stereocenters. The molecule has 0 aromatic heterocycles. The quantitative estimate of drug-likeness (QED) is 0.313. The Morgan fingerprint density at radius 3 is 2.10 bits per heavy atom. The van der Waals surface area contributed by atoms with Gasteiger partial charge in [-0.3, -0.25) is 14.5 Å². The molecule has 3 rings (SSSR count). The Hall–Kier alpha value is -2.95. The van der Waals surface area contributed by atoms with Crippen LogP contribution in [0.2, 0.25) is 0 Å². The van der Waals surface area contributed by atoms with Crippen molar-refractivity contribution in [3.05, 3.63) is 60.2 Å². The summed E-state index contributed by atoms with van der Waals surface area (Å²) in [5, 5.41) is 0. The summed E-state index contributed by atoms with van der Waals surface area (Å²) in [5.74, 6) is -0.411. The molecule has 1 saturated heterocycles. The second-order valence-corrected chi connectivity index (χ2v) is 13.7. The predicted octanol–water partition coefficient (Wildman–Crippen LogP) is 4.44. The molecule has 0 bridgehead atoms. The summed E-state index contributed by atoms with van der Waals surface area (Å²) >= 11 is 0. The number of rotatable bonds is 11. The van der Waals surface area contributed by atoms with Crippen molar-refractivity contribution in [1.82, 2.24) is 14.5 Å². The van der Waals surface area contributed by atoms with Gasteiger partial charge in [0.1, 0.15) is 24.1 Å². The average molecular weight is 574 g/mol. The number of ether oxygens (including phenoxy) is 2. The van der Waals surface area contributed by atoms with E-state index in [0.717, 1.165) is 19.6 Å². The van der Waals surface area contributed by atoms with Crippen LogP contribution in [0.3, 0.4) is 0 Å². The summed E-state index contributed by atoms with van der Waals surface area (Å²) in [6.07, 6.45) is 0.864. The fourth-order valence-corrected chi connectivity index (χ4v) is 5.82. The Balaban J connectivity index is 1.85.